The Morgan fingerprint density at radius 2 is 1.95 bits per heavy atom. The smallest absolute Gasteiger partial charge is 0.308 e. The number of aliphatic hydroxyl groups excluding tert-OH is 3. The molecular weight excluding hydrogens is 280 g/mol. The lowest BCUT2D eigenvalue weighted by Gasteiger charge is -2.24. The summed E-state index contributed by atoms with van der Waals surface area (Å²) in [7, 11) is 0. The number of rotatable bonds is 6. The normalized spacial score (nSPS) is 24.3. The number of aliphatic hydroxyl groups is 3. The average molecular weight is 306 g/mol. The van der Waals surface area contributed by atoms with E-state index >= 15 is 0 Å². The highest BCUT2D eigenvalue weighted by Crippen LogP contribution is 2.16. The van der Waals surface area contributed by atoms with E-state index in [9.17, 15) is 9.59 Å². The van der Waals surface area contributed by atoms with E-state index in [4.69, 9.17) is 25.2 Å². The van der Waals surface area contributed by atoms with Crippen LogP contribution in [0.4, 0.5) is 0 Å². The van der Waals surface area contributed by atoms with Crippen LogP contribution in [0.2, 0.25) is 0 Å². The summed E-state index contributed by atoms with van der Waals surface area (Å²) < 4.78 is 4.91. The van der Waals surface area contributed by atoms with Gasteiger partial charge in [-0.3, -0.25) is 9.59 Å². The lowest BCUT2D eigenvalue weighted by molar-refractivity contribution is -0.160. The van der Waals surface area contributed by atoms with Gasteiger partial charge in [0.1, 0.15) is 6.10 Å². The van der Waals surface area contributed by atoms with Gasteiger partial charge in [0.2, 0.25) is 0 Å². The van der Waals surface area contributed by atoms with Crippen LogP contribution in [0.25, 0.3) is 0 Å². The average Bonchev–Trinajstić information content (AvgIpc) is 2.37. The van der Waals surface area contributed by atoms with Crippen LogP contribution in [0.3, 0.4) is 0 Å². The molecule has 0 spiro atoms. The van der Waals surface area contributed by atoms with Gasteiger partial charge in [0.25, 0.3) is 0 Å². The minimum Gasteiger partial charge on any atom is -0.481 e. The molecule has 0 unspecified atom stereocenters. The Labute approximate surface area is 124 Å². The van der Waals surface area contributed by atoms with Crippen LogP contribution >= 0.6 is 0 Å². The van der Waals surface area contributed by atoms with Gasteiger partial charge in [0.05, 0.1) is 31.2 Å². The standard InChI is InChI=1S/C7H14O4.C7H12O3/c1-2-5(8)3-6(9)4-7(10)11;1-2-6-3-5(8)4-7(9)10-6/h5-6,8-9H,2-4H2,1H3,(H,10,11);5-6,8H,2-4H2,1H3/t2*5-,6-/m11/s1. The first kappa shape index (κ1) is 19.8. The third-order valence-electron chi connectivity index (χ3n) is 3.12. The van der Waals surface area contributed by atoms with Crippen LogP contribution in [-0.2, 0) is 14.3 Å². The van der Waals surface area contributed by atoms with Gasteiger partial charge in [-0.05, 0) is 19.3 Å². The Kier molecular flexibility index (Phi) is 9.94. The molecule has 7 heteroatoms. The van der Waals surface area contributed by atoms with Gasteiger partial charge in [-0.2, -0.15) is 0 Å². The highest BCUT2D eigenvalue weighted by Gasteiger charge is 2.25. The fraction of sp³-hybridized carbons (Fsp3) is 0.857. The van der Waals surface area contributed by atoms with Gasteiger partial charge in [0, 0.05) is 6.42 Å². The van der Waals surface area contributed by atoms with Gasteiger partial charge in [-0.15, -0.1) is 0 Å². The largest absolute Gasteiger partial charge is 0.481 e. The highest BCUT2D eigenvalue weighted by atomic mass is 16.5. The minimum absolute atomic E-state index is 0.0590. The Balaban J connectivity index is 0.000000382. The molecule has 4 atom stereocenters. The Morgan fingerprint density at radius 3 is 2.38 bits per heavy atom. The molecular formula is C14H26O7. The summed E-state index contributed by atoms with van der Waals surface area (Å²) in [6.07, 6.45) is -0.118. The molecule has 1 rings (SSSR count). The van der Waals surface area contributed by atoms with Gasteiger partial charge in [-0.25, -0.2) is 0 Å². The number of cyclic esters (lactones) is 1. The number of carboxylic acid groups (broad SMARTS) is 1. The number of ether oxygens (including phenoxy) is 1. The van der Waals surface area contributed by atoms with Crippen LogP contribution < -0.4 is 0 Å². The van der Waals surface area contributed by atoms with E-state index in [1.54, 1.807) is 6.92 Å². The zero-order valence-corrected chi connectivity index (χ0v) is 12.6. The third-order valence-corrected chi connectivity index (χ3v) is 3.12. The highest BCUT2D eigenvalue weighted by molar-refractivity contribution is 5.70. The van der Waals surface area contributed by atoms with Crippen molar-refractivity contribution in [2.24, 2.45) is 0 Å². The molecule has 1 aliphatic heterocycles. The quantitative estimate of drug-likeness (QED) is 0.525. The molecule has 7 nitrogen and oxygen atoms in total. The molecule has 4 N–H and O–H groups in total. The summed E-state index contributed by atoms with van der Waals surface area (Å²) in [6.45, 7) is 3.72. The molecule has 1 fully saturated rings. The predicted octanol–water partition coefficient (Wildman–Crippen LogP) is 0.446. The van der Waals surface area contributed by atoms with Crippen molar-refractivity contribution in [1.29, 1.82) is 0 Å². The number of carbonyl (C=O) groups excluding carboxylic acids is 1. The van der Waals surface area contributed by atoms with Crippen molar-refractivity contribution in [3.63, 3.8) is 0 Å². The van der Waals surface area contributed by atoms with Crippen molar-refractivity contribution >= 4 is 11.9 Å². The number of aliphatic carboxylic acids is 1. The van der Waals surface area contributed by atoms with E-state index in [0.29, 0.717) is 12.8 Å². The summed E-state index contributed by atoms with van der Waals surface area (Å²) in [5.41, 5.74) is 0. The van der Waals surface area contributed by atoms with E-state index in [1.165, 1.54) is 0 Å². The molecule has 0 radical (unpaired) electrons. The first-order valence-corrected chi connectivity index (χ1v) is 7.23. The van der Waals surface area contributed by atoms with E-state index in [0.717, 1.165) is 6.42 Å². The second kappa shape index (κ2) is 10.5. The number of hydrogen-bond donors (Lipinski definition) is 4. The maximum absolute atomic E-state index is 10.7. The van der Waals surface area contributed by atoms with Gasteiger partial charge in [0.15, 0.2) is 0 Å². The third kappa shape index (κ3) is 10.2. The van der Waals surface area contributed by atoms with Crippen molar-refractivity contribution in [2.45, 2.75) is 76.8 Å². The summed E-state index contributed by atoms with van der Waals surface area (Å²) in [5, 5.41) is 35.3. The first-order valence-electron chi connectivity index (χ1n) is 7.23. The summed E-state index contributed by atoms with van der Waals surface area (Å²) in [6, 6.07) is 0. The van der Waals surface area contributed by atoms with E-state index in [2.05, 4.69) is 0 Å². The minimum atomic E-state index is -1.04. The molecule has 21 heavy (non-hydrogen) atoms. The van der Waals surface area contributed by atoms with E-state index in [-0.39, 0.29) is 31.3 Å². The molecule has 0 saturated carbocycles. The lowest BCUT2D eigenvalue weighted by Crippen LogP contribution is -2.31. The van der Waals surface area contributed by atoms with E-state index in [1.807, 2.05) is 6.92 Å². The summed E-state index contributed by atoms with van der Waals surface area (Å²) in [4.78, 5) is 20.7. The van der Waals surface area contributed by atoms with E-state index < -0.39 is 24.3 Å². The molecule has 1 saturated heterocycles. The van der Waals surface area contributed by atoms with Crippen LogP contribution in [-0.4, -0.2) is 56.8 Å². The summed E-state index contributed by atoms with van der Waals surface area (Å²) >= 11 is 0. The van der Waals surface area contributed by atoms with Crippen molar-refractivity contribution in [3.8, 4) is 0 Å². The van der Waals surface area contributed by atoms with Crippen LogP contribution in [0.1, 0.15) is 52.4 Å². The maximum atomic E-state index is 10.7. The number of esters is 1. The van der Waals surface area contributed by atoms with Crippen LogP contribution in [0.15, 0.2) is 0 Å². The molecule has 0 bridgehead atoms. The van der Waals surface area contributed by atoms with Gasteiger partial charge in [-0.1, -0.05) is 13.8 Å². The van der Waals surface area contributed by atoms with Crippen molar-refractivity contribution < 1.29 is 34.8 Å². The first-order chi connectivity index (χ1) is 9.78. The Hall–Kier alpha value is -1.18. The molecule has 0 aliphatic carbocycles. The monoisotopic (exact) mass is 306 g/mol. The topological polar surface area (TPSA) is 124 Å². The van der Waals surface area contributed by atoms with Crippen molar-refractivity contribution in [1.82, 2.24) is 0 Å². The van der Waals surface area contributed by atoms with Crippen molar-refractivity contribution in [2.75, 3.05) is 0 Å². The number of carboxylic acids is 1. The fourth-order valence-corrected chi connectivity index (χ4v) is 1.88. The summed E-state index contributed by atoms with van der Waals surface area (Å²) in [5.74, 6) is -1.31. The van der Waals surface area contributed by atoms with Crippen LogP contribution in [0.5, 0.6) is 0 Å². The Morgan fingerprint density at radius 1 is 1.33 bits per heavy atom. The second-order valence-electron chi connectivity index (χ2n) is 5.16. The molecule has 0 amide bonds. The molecule has 124 valence electrons. The molecule has 0 aromatic rings. The van der Waals surface area contributed by atoms with Crippen LogP contribution in [0, 0.1) is 0 Å². The van der Waals surface area contributed by atoms with Gasteiger partial charge < -0.3 is 25.2 Å². The second-order valence-corrected chi connectivity index (χ2v) is 5.16. The fourth-order valence-electron chi connectivity index (χ4n) is 1.88. The predicted molar refractivity (Wildman–Crippen MR) is 74.6 cm³/mol. The molecule has 0 aromatic carbocycles. The molecule has 0 aromatic heterocycles. The number of carbonyl (C=O) groups is 2. The molecule has 1 aliphatic rings. The Bertz CT molecular complexity index is 318. The zero-order chi connectivity index (χ0) is 16.4. The zero-order valence-electron chi connectivity index (χ0n) is 12.6. The maximum Gasteiger partial charge on any atom is 0.308 e. The van der Waals surface area contributed by atoms with Gasteiger partial charge >= 0.3 is 11.9 Å². The lowest BCUT2D eigenvalue weighted by atomic mass is 10.0. The van der Waals surface area contributed by atoms with Crippen molar-refractivity contribution in [3.05, 3.63) is 0 Å². The number of hydrogen-bond acceptors (Lipinski definition) is 6. The SMILES string of the molecule is CC[C@@H](O)C[C@@H](O)CC(=O)O.CC[C@@H]1C[C@@H](O)CC(=O)O1. The molecule has 1 heterocycles.